The fourth-order valence-corrected chi connectivity index (χ4v) is 1.40. The first-order valence-corrected chi connectivity index (χ1v) is 4.29. The summed E-state index contributed by atoms with van der Waals surface area (Å²) in [5, 5.41) is 11.2. The van der Waals surface area contributed by atoms with Gasteiger partial charge in [0, 0.05) is 17.6 Å². The van der Waals surface area contributed by atoms with Crippen LogP contribution in [0.3, 0.4) is 0 Å². The fourth-order valence-electron chi connectivity index (χ4n) is 1.20. The molecule has 0 fully saturated rings. The van der Waals surface area contributed by atoms with Gasteiger partial charge in [0.1, 0.15) is 5.65 Å². The van der Waals surface area contributed by atoms with Crippen LogP contribution in [0.4, 0.5) is 5.69 Å². The van der Waals surface area contributed by atoms with Gasteiger partial charge in [-0.25, -0.2) is 4.98 Å². The first-order chi connectivity index (χ1) is 7.09. The Labute approximate surface area is 87.7 Å². The van der Waals surface area contributed by atoms with E-state index >= 15 is 0 Å². The molecule has 2 aromatic rings. The molecule has 0 radical (unpaired) electrons. The lowest BCUT2D eigenvalue weighted by atomic mass is 10.3. The number of hydrogen-bond donors (Lipinski definition) is 1. The van der Waals surface area contributed by atoms with Gasteiger partial charge in [0.05, 0.1) is 9.95 Å². The van der Waals surface area contributed by atoms with Crippen LogP contribution in [-0.4, -0.2) is 14.9 Å². The maximum atomic E-state index is 11.2. The van der Waals surface area contributed by atoms with Gasteiger partial charge < -0.3 is 4.98 Å². The number of nitrogens with one attached hydrogen (secondary N) is 1. The number of fused-ring (bicyclic) bond motifs is 1. The van der Waals surface area contributed by atoms with E-state index in [1.807, 2.05) is 0 Å². The molecular formula is C8H4ClN3O3. The molecule has 76 valence electrons. The highest BCUT2D eigenvalue weighted by Gasteiger charge is 2.14. The Morgan fingerprint density at radius 3 is 2.93 bits per heavy atom. The lowest BCUT2D eigenvalue weighted by molar-refractivity contribution is -0.386. The molecular weight excluding hydrogens is 222 g/mol. The van der Waals surface area contributed by atoms with Gasteiger partial charge in [-0.1, -0.05) is 11.6 Å². The molecule has 15 heavy (non-hydrogen) atoms. The summed E-state index contributed by atoms with van der Waals surface area (Å²) in [5.74, 6) is 0. The number of rotatable bonds is 1. The molecule has 2 heterocycles. The van der Waals surface area contributed by atoms with Gasteiger partial charge in [0.15, 0.2) is 0 Å². The molecule has 0 atom stereocenters. The minimum absolute atomic E-state index is 0.234. The Kier molecular flexibility index (Phi) is 2.12. The number of pyridine rings is 2. The quantitative estimate of drug-likeness (QED) is 0.588. The van der Waals surface area contributed by atoms with Crippen molar-refractivity contribution in [3.05, 3.63) is 43.8 Å². The normalized spacial score (nSPS) is 10.5. The number of aromatic amines is 1. The molecule has 6 nitrogen and oxygen atoms in total. The molecule has 0 aliphatic rings. The van der Waals surface area contributed by atoms with Crippen molar-refractivity contribution < 1.29 is 4.92 Å². The monoisotopic (exact) mass is 225 g/mol. The predicted molar refractivity (Wildman–Crippen MR) is 54.0 cm³/mol. The molecule has 0 unspecified atom stereocenters. The van der Waals surface area contributed by atoms with E-state index in [4.69, 9.17) is 11.6 Å². The molecule has 1 N–H and O–H groups in total. The lowest BCUT2D eigenvalue weighted by Gasteiger charge is -1.98. The Bertz CT molecular complexity index is 608. The number of hydrogen-bond acceptors (Lipinski definition) is 4. The summed E-state index contributed by atoms with van der Waals surface area (Å²) in [5.41, 5.74) is -1.10. The van der Waals surface area contributed by atoms with Crippen molar-refractivity contribution in [2.45, 2.75) is 0 Å². The summed E-state index contributed by atoms with van der Waals surface area (Å²) >= 11 is 5.80. The van der Waals surface area contributed by atoms with Crippen LogP contribution < -0.4 is 5.56 Å². The molecule has 0 aromatic carbocycles. The third kappa shape index (κ3) is 1.55. The van der Waals surface area contributed by atoms with Gasteiger partial charge in [-0.15, -0.1) is 0 Å². The molecule has 0 saturated heterocycles. The second-order valence-corrected chi connectivity index (χ2v) is 3.20. The Balaban J connectivity index is 2.90. The SMILES string of the molecule is O=c1[nH]c2nccc(Cl)c2cc1[N+](=O)[O-]. The minimum atomic E-state index is -0.790. The Hall–Kier alpha value is -1.95. The second-order valence-electron chi connectivity index (χ2n) is 2.80. The maximum Gasteiger partial charge on any atom is 0.334 e. The van der Waals surface area contributed by atoms with Crippen molar-refractivity contribution in [2.24, 2.45) is 0 Å². The summed E-state index contributed by atoms with van der Waals surface area (Å²) in [6, 6.07) is 2.61. The summed E-state index contributed by atoms with van der Waals surface area (Å²) in [4.78, 5) is 27.1. The number of nitro groups is 1. The Morgan fingerprint density at radius 1 is 1.53 bits per heavy atom. The van der Waals surface area contributed by atoms with Crippen molar-refractivity contribution >= 4 is 28.3 Å². The Morgan fingerprint density at radius 2 is 2.27 bits per heavy atom. The van der Waals surface area contributed by atoms with E-state index in [-0.39, 0.29) is 5.65 Å². The molecule has 7 heteroatoms. The van der Waals surface area contributed by atoms with Crippen molar-refractivity contribution in [1.29, 1.82) is 0 Å². The molecule has 0 amide bonds. The standard InChI is InChI=1S/C8H4ClN3O3/c9-5-1-2-10-7-4(5)3-6(12(14)15)8(13)11-7/h1-3H,(H,10,11,13). The zero-order valence-corrected chi connectivity index (χ0v) is 7.99. The number of nitrogens with zero attached hydrogens (tertiary/aromatic N) is 2. The van der Waals surface area contributed by atoms with Crippen LogP contribution in [0.5, 0.6) is 0 Å². The lowest BCUT2D eigenvalue weighted by Crippen LogP contribution is -2.11. The van der Waals surface area contributed by atoms with Gasteiger partial charge in [-0.05, 0) is 6.07 Å². The zero-order chi connectivity index (χ0) is 11.0. The highest BCUT2D eigenvalue weighted by molar-refractivity contribution is 6.35. The predicted octanol–water partition coefficient (Wildman–Crippen LogP) is 1.48. The molecule has 0 spiro atoms. The third-order valence-electron chi connectivity index (χ3n) is 1.88. The van der Waals surface area contributed by atoms with Crippen molar-refractivity contribution in [3.8, 4) is 0 Å². The topological polar surface area (TPSA) is 88.9 Å². The molecule has 2 aromatic heterocycles. The summed E-state index contributed by atoms with van der Waals surface area (Å²) < 4.78 is 0. The van der Waals surface area contributed by atoms with Crippen LogP contribution >= 0.6 is 11.6 Å². The summed E-state index contributed by atoms with van der Waals surface area (Å²) in [6.45, 7) is 0. The highest BCUT2D eigenvalue weighted by Crippen LogP contribution is 2.21. The second kappa shape index (κ2) is 3.32. The first kappa shape index (κ1) is 9.60. The summed E-state index contributed by atoms with van der Waals surface area (Å²) in [7, 11) is 0. The van der Waals surface area contributed by atoms with E-state index in [1.54, 1.807) is 0 Å². The van der Waals surface area contributed by atoms with Gasteiger partial charge in [0.2, 0.25) is 0 Å². The third-order valence-corrected chi connectivity index (χ3v) is 2.21. The largest absolute Gasteiger partial charge is 0.334 e. The molecule has 0 bridgehead atoms. The smallest absolute Gasteiger partial charge is 0.301 e. The van der Waals surface area contributed by atoms with E-state index in [0.29, 0.717) is 10.4 Å². The molecule has 2 rings (SSSR count). The van der Waals surface area contributed by atoms with E-state index < -0.39 is 16.2 Å². The fraction of sp³-hybridized carbons (Fsp3) is 0. The molecule has 0 aliphatic carbocycles. The van der Waals surface area contributed by atoms with Crippen molar-refractivity contribution in [1.82, 2.24) is 9.97 Å². The van der Waals surface area contributed by atoms with Crippen molar-refractivity contribution in [2.75, 3.05) is 0 Å². The summed E-state index contributed by atoms with van der Waals surface area (Å²) in [6.07, 6.45) is 1.41. The van der Waals surface area contributed by atoms with Gasteiger partial charge in [-0.2, -0.15) is 0 Å². The zero-order valence-electron chi connectivity index (χ0n) is 7.23. The van der Waals surface area contributed by atoms with Crippen LogP contribution in [0.1, 0.15) is 0 Å². The average Bonchev–Trinajstić information content (AvgIpc) is 2.16. The van der Waals surface area contributed by atoms with Crippen LogP contribution in [0.15, 0.2) is 23.1 Å². The maximum absolute atomic E-state index is 11.2. The van der Waals surface area contributed by atoms with E-state index in [9.17, 15) is 14.9 Å². The van der Waals surface area contributed by atoms with Crippen LogP contribution in [-0.2, 0) is 0 Å². The van der Waals surface area contributed by atoms with Gasteiger partial charge in [0.25, 0.3) is 0 Å². The average molecular weight is 226 g/mol. The first-order valence-electron chi connectivity index (χ1n) is 3.91. The highest BCUT2D eigenvalue weighted by atomic mass is 35.5. The van der Waals surface area contributed by atoms with E-state index in [2.05, 4.69) is 9.97 Å². The van der Waals surface area contributed by atoms with Gasteiger partial charge in [-0.3, -0.25) is 14.9 Å². The number of aromatic nitrogens is 2. The van der Waals surface area contributed by atoms with E-state index in [0.717, 1.165) is 6.07 Å². The molecule has 0 aliphatic heterocycles. The van der Waals surface area contributed by atoms with Gasteiger partial charge >= 0.3 is 11.2 Å². The van der Waals surface area contributed by atoms with Crippen LogP contribution in [0.2, 0.25) is 5.02 Å². The van der Waals surface area contributed by atoms with Crippen LogP contribution in [0, 0.1) is 10.1 Å². The number of H-pyrrole nitrogens is 1. The molecule has 0 saturated carbocycles. The van der Waals surface area contributed by atoms with Crippen LogP contribution in [0.25, 0.3) is 11.0 Å². The van der Waals surface area contributed by atoms with E-state index in [1.165, 1.54) is 12.3 Å². The van der Waals surface area contributed by atoms with Crippen molar-refractivity contribution in [3.63, 3.8) is 0 Å². The number of halogens is 1. The minimum Gasteiger partial charge on any atom is -0.301 e.